The normalized spacial score (nSPS) is 14.6. The van der Waals surface area contributed by atoms with Crippen LogP contribution in [0.3, 0.4) is 0 Å². The van der Waals surface area contributed by atoms with Gasteiger partial charge in [0.1, 0.15) is 25.4 Å². The second kappa shape index (κ2) is 70.3. The summed E-state index contributed by atoms with van der Waals surface area (Å²) in [5.41, 5.74) is 0. The summed E-state index contributed by atoms with van der Waals surface area (Å²) in [4.78, 5) is 58.5. The standard InChI is InChI=1S/C77H136O16P2/c1-4-7-10-13-16-19-22-25-27-29-31-32-33-34-35-36-37-38-40-42-43-46-48-51-54-57-60-63-75(80)87-66-72(78)67-89-94(83,84)90-68-73(79)69-91-95(85,86)92-71-74(93-77(82)65-62-59-56-53-50-45-24-21-18-15-12-9-6-3)70-88-76(81)64-61-58-55-52-49-47-44-41-39-30-28-26-23-20-17-14-11-8-5-2/h8,11,16-17,19-20,25-28,31-32,34-35,39,41,72-74,78-79H,4-7,9-10,12-15,18,21-24,29-30,33,36-38,40,42-71H2,1-3H3,(H,83,84)(H,85,86)/b11-8-,19-16-,20-17-,27-25-,28-26-,32-31-,35-34-,41-39-. The van der Waals surface area contributed by atoms with Gasteiger partial charge in [0.25, 0.3) is 0 Å². The lowest BCUT2D eigenvalue weighted by Crippen LogP contribution is -2.30. The molecule has 0 radical (unpaired) electrons. The Kier molecular flexibility index (Phi) is 67.7. The number of aliphatic hydroxyl groups excluding tert-OH is 2. The van der Waals surface area contributed by atoms with E-state index in [4.69, 9.17) is 32.3 Å². The van der Waals surface area contributed by atoms with Crippen molar-refractivity contribution < 1.29 is 75.8 Å². The third kappa shape index (κ3) is 71.6. The predicted octanol–water partition coefficient (Wildman–Crippen LogP) is 21.4. The summed E-state index contributed by atoms with van der Waals surface area (Å²) in [7, 11) is -9.78. The van der Waals surface area contributed by atoms with E-state index in [1.54, 1.807) is 0 Å². The lowest BCUT2D eigenvalue weighted by Gasteiger charge is -2.21. The second-order valence-electron chi connectivity index (χ2n) is 25.1. The number of hydrogen-bond acceptors (Lipinski definition) is 14. The van der Waals surface area contributed by atoms with E-state index in [-0.39, 0.29) is 19.3 Å². The zero-order chi connectivity index (χ0) is 69.5. The average Bonchev–Trinajstić information content (AvgIpc) is 2.12. The van der Waals surface area contributed by atoms with Gasteiger partial charge in [-0.2, -0.15) is 0 Å². The molecule has 5 unspecified atom stereocenters. The van der Waals surface area contributed by atoms with Crippen LogP contribution < -0.4 is 0 Å². The van der Waals surface area contributed by atoms with Crippen molar-refractivity contribution in [2.75, 3.05) is 39.6 Å². The minimum absolute atomic E-state index is 0.104. The molecule has 0 aliphatic rings. The van der Waals surface area contributed by atoms with Crippen LogP contribution in [0.25, 0.3) is 0 Å². The Hall–Kier alpha value is -3.53. The van der Waals surface area contributed by atoms with Gasteiger partial charge in [0.15, 0.2) is 6.10 Å². The molecule has 0 aromatic carbocycles. The average molecular weight is 1380 g/mol. The van der Waals surface area contributed by atoms with E-state index in [9.17, 15) is 43.5 Å². The van der Waals surface area contributed by atoms with Gasteiger partial charge in [0, 0.05) is 19.3 Å². The van der Waals surface area contributed by atoms with E-state index < -0.39 is 91.5 Å². The van der Waals surface area contributed by atoms with Gasteiger partial charge in [0.2, 0.25) is 0 Å². The Bertz CT molecular complexity index is 2120. The largest absolute Gasteiger partial charge is 0.472 e. The molecule has 0 amide bonds. The molecule has 0 aliphatic heterocycles. The van der Waals surface area contributed by atoms with Gasteiger partial charge in [-0.3, -0.25) is 32.5 Å². The van der Waals surface area contributed by atoms with Gasteiger partial charge < -0.3 is 34.2 Å². The van der Waals surface area contributed by atoms with Crippen LogP contribution in [0, 0.1) is 0 Å². The Balaban J connectivity index is 4.51. The number of unbranched alkanes of at least 4 members (excludes halogenated alkanes) is 32. The number of allylic oxidation sites excluding steroid dienone is 16. The zero-order valence-corrected chi connectivity index (χ0v) is 61.6. The molecule has 16 nitrogen and oxygen atoms in total. The predicted molar refractivity (Wildman–Crippen MR) is 390 cm³/mol. The first-order valence-corrected chi connectivity index (χ1v) is 40.5. The van der Waals surface area contributed by atoms with Crippen LogP contribution in [0.2, 0.25) is 0 Å². The first kappa shape index (κ1) is 91.5. The fraction of sp³-hybridized carbons (Fsp3) is 0.753. The van der Waals surface area contributed by atoms with Gasteiger partial charge in [-0.1, -0.05) is 291 Å². The second-order valence-corrected chi connectivity index (χ2v) is 28.0. The number of carbonyl (C=O) groups excluding carboxylic acids is 3. The topological polar surface area (TPSA) is 231 Å². The van der Waals surface area contributed by atoms with Gasteiger partial charge in [-0.25, -0.2) is 9.13 Å². The van der Waals surface area contributed by atoms with Gasteiger partial charge in [-0.05, 0) is 103 Å². The van der Waals surface area contributed by atoms with Crippen LogP contribution in [0.15, 0.2) is 97.2 Å². The highest BCUT2D eigenvalue weighted by atomic mass is 31.2. The Morgan fingerprint density at radius 2 is 0.558 bits per heavy atom. The molecule has 0 aromatic heterocycles. The van der Waals surface area contributed by atoms with Crippen molar-refractivity contribution in [1.82, 2.24) is 0 Å². The molecule has 0 bridgehead atoms. The van der Waals surface area contributed by atoms with Crippen molar-refractivity contribution >= 4 is 33.6 Å². The summed E-state index contributed by atoms with van der Waals surface area (Å²) < 4.78 is 61.0. The minimum Gasteiger partial charge on any atom is -0.463 e. The van der Waals surface area contributed by atoms with E-state index in [1.165, 1.54) is 122 Å². The quantitative estimate of drug-likeness (QED) is 0.0146. The molecule has 0 saturated carbocycles. The van der Waals surface area contributed by atoms with Crippen LogP contribution in [0.5, 0.6) is 0 Å². The summed E-state index contributed by atoms with van der Waals surface area (Å²) in [6, 6.07) is 0. The number of hydrogen-bond donors (Lipinski definition) is 4. The van der Waals surface area contributed by atoms with E-state index >= 15 is 0 Å². The summed E-state index contributed by atoms with van der Waals surface area (Å²) >= 11 is 0. The SMILES string of the molecule is CC/C=C\C/C=C\C/C=C\C/C=C\CCCCCCCCC(=O)OCC(COP(=O)(O)OCC(O)COP(=O)(O)OCC(O)COC(=O)CCCCCCCCCCCCC/C=C\C/C=C\C/C=C\C/C=C\CCCCC)OC(=O)CCCCCCCCCCCCCCC. The van der Waals surface area contributed by atoms with Crippen molar-refractivity contribution in [3.05, 3.63) is 97.2 Å². The molecular formula is C77H136O16P2. The van der Waals surface area contributed by atoms with Gasteiger partial charge in [-0.15, -0.1) is 0 Å². The Labute approximate surface area is 578 Å². The lowest BCUT2D eigenvalue weighted by molar-refractivity contribution is -0.161. The van der Waals surface area contributed by atoms with Crippen molar-refractivity contribution in [3.63, 3.8) is 0 Å². The maximum absolute atomic E-state index is 12.9. The zero-order valence-electron chi connectivity index (χ0n) is 59.8. The Morgan fingerprint density at radius 1 is 0.305 bits per heavy atom. The maximum Gasteiger partial charge on any atom is 0.472 e. The number of rotatable bonds is 71. The first-order valence-electron chi connectivity index (χ1n) is 37.5. The summed E-state index contributed by atoms with van der Waals surface area (Å²) in [5, 5.41) is 20.6. The molecule has 0 fully saturated rings. The molecular weight excluding hydrogens is 1240 g/mol. The number of phosphoric acid groups is 2. The van der Waals surface area contributed by atoms with E-state index in [2.05, 4.69) is 118 Å². The molecule has 5 atom stereocenters. The fourth-order valence-electron chi connectivity index (χ4n) is 10.1. The maximum atomic E-state index is 12.9. The van der Waals surface area contributed by atoms with Gasteiger partial charge >= 0.3 is 33.6 Å². The molecule has 0 spiro atoms. The molecule has 0 saturated heterocycles. The highest BCUT2D eigenvalue weighted by Crippen LogP contribution is 2.45. The van der Waals surface area contributed by atoms with Gasteiger partial charge in [0.05, 0.1) is 26.4 Å². The van der Waals surface area contributed by atoms with Crippen molar-refractivity contribution in [3.8, 4) is 0 Å². The third-order valence-corrected chi connectivity index (χ3v) is 17.7. The Morgan fingerprint density at radius 3 is 0.905 bits per heavy atom. The van der Waals surface area contributed by atoms with Crippen molar-refractivity contribution in [2.24, 2.45) is 0 Å². The third-order valence-electron chi connectivity index (χ3n) is 15.8. The fourth-order valence-corrected chi connectivity index (χ4v) is 11.7. The number of carbonyl (C=O) groups is 3. The van der Waals surface area contributed by atoms with E-state index in [0.29, 0.717) is 19.3 Å². The molecule has 4 N–H and O–H groups in total. The summed E-state index contributed by atoms with van der Waals surface area (Å²) in [6.07, 6.45) is 78.8. The van der Waals surface area contributed by atoms with E-state index in [0.717, 1.165) is 135 Å². The monoisotopic (exact) mass is 1380 g/mol. The summed E-state index contributed by atoms with van der Waals surface area (Å²) in [6.45, 7) is 2.54. The van der Waals surface area contributed by atoms with Crippen LogP contribution in [-0.4, -0.2) is 95.9 Å². The molecule has 550 valence electrons. The highest BCUT2D eigenvalue weighted by Gasteiger charge is 2.29. The van der Waals surface area contributed by atoms with Crippen LogP contribution in [0.4, 0.5) is 0 Å². The van der Waals surface area contributed by atoms with Crippen molar-refractivity contribution in [1.29, 1.82) is 0 Å². The molecule has 0 aromatic rings. The molecule has 0 heterocycles. The molecule has 18 heteroatoms. The molecule has 0 aliphatic carbocycles. The number of ether oxygens (including phenoxy) is 3. The highest BCUT2D eigenvalue weighted by molar-refractivity contribution is 7.47. The first-order chi connectivity index (χ1) is 46.2. The van der Waals surface area contributed by atoms with E-state index in [1.807, 2.05) is 0 Å². The molecule has 0 rings (SSSR count). The number of esters is 3. The summed E-state index contributed by atoms with van der Waals surface area (Å²) in [5.74, 6) is -1.58. The smallest absolute Gasteiger partial charge is 0.463 e. The number of aliphatic hydroxyl groups is 2. The minimum atomic E-state index is -4.93. The lowest BCUT2D eigenvalue weighted by atomic mass is 10.0. The van der Waals surface area contributed by atoms with Crippen LogP contribution in [0.1, 0.15) is 316 Å². The van der Waals surface area contributed by atoms with Crippen LogP contribution >= 0.6 is 15.6 Å². The number of phosphoric ester groups is 2. The van der Waals surface area contributed by atoms with Crippen LogP contribution in [-0.2, 0) is 55.8 Å². The molecule has 95 heavy (non-hydrogen) atoms. The van der Waals surface area contributed by atoms with Crippen molar-refractivity contribution in [2.45, 2.75) is 334 Å².